The summed E-state index contributed by atoms with van der Waals surface area (Å²) < 4.78 is 0. The van der Waals surface area contributed by atoms with E-state index in [-0.39, 0.29) is 0 Å². The van der Waals surface area contributed by atoms with Gasteiger partial charge in [0.15, 0.2) is 5.11 Å². The topological polar surface area (TPSA) is 15.3 Å². The van der Waals surface area contributed by atoms with Gasteiger partial charge in [0, 0.05) is 29.6 Å². The molecule has 0 aliphatic rings. The summed E-state index contributed by atoms with van der Waals surface area (Å²) in [5.41, 5.74) is 4.86. The first-order valence-electron chi connectivity index (χ1n) is 9.24. The van der Waals surface area contributed by atoms with Crippen LogP contribution in [0, 0.1) is 13.8 Å². The second-order valence-corrected chi connectivity index (χ2v) is 8.34. The molecule has 1 N–H and O–H groups in total. The van der Waals surface area contributed by atoms with Gasteiger partial charge in [-0.1, -0.05) is 48.5 Å². The molecule has 0 aliphatic carbocycles. The molecule has 1 atom stereocenters. The number of aryl methyl sites for hydroxylation is 1. The highest BCUT2D eigenvalue weighted by molar-refractivity contribution is 7.80. The van der Waals surface area contributed by atoms with Crippen molar-refractivity contribution in [2.45, 2.75) is 39.8 Å². The third-order valence-corrected chi connectivity index (χ3v) is 6.15. The summed E-state index contributed by atoms with van der Waals surface area (Å²) in [5, 5.41) is 6.40. The maximum absolute atomic E-state index is 5.85. The molecule has 0 bridgehead atoms. The number of rotatable bonds is 6. The molecule has 0 fully saturated rings. The number of thiophene rings is 1. The van der Waals surface area contributed by atoms with Gasteiger partial charge in [0.1, 0.15) is 0 Å². The van der Waals surface area contributed by atoms with Crippen LogP contribution in [0.4, 0.5) is 5.69 Å². The zero-order chi connectivity index (χ0) is 19.2. The minimum Gasteiger partial charge on any atom is -0.342 e. The van der Waals surface area contributed by atoms with Crippen molar-refractivity contribution >= 4 is 34.4 Å². The lowest BCUT2D eigenvalue weighted by molar-refractivity contribution is 0.326. The molecule has 0 radical (unpaired) electrons. The summed E-state index contributed by atoms with van der Waals surface area (Å²) in [7, 11) is 0. The Morgan fingerprint density at radius 2 is 1.81 bits per heavy atom. The molecule has 0 saturated heterocycles. The molecule has 27 heavy (non-hydrogen) atoms. The first kappa shape index (κ1) is 19.6. The van der Waals surface area contributed by atoms with Crippen LogP contribution >= 0.6 is 23.6 Å². The van der Waals surface area contributed by atoms with Gasteiger partial charge in [0.05, 0.1) is 0 Å². The highest BCUT2D eigenvalue weighted by Crippen LogP contribution is 2.21. The molecule has 3 rings (SSSR count). The third-order valence-electron chi connectivity index (χ3n) is 4.91. The van der Waals surface area contributed by atoms with Gasteiger partial charge < -0.3 is 10.2 Å². The maximum Gasteiger partial charge on any atom is 0.173 e. The average molecular weight is 395 g/mol. The third kappa shape index (κ3) is 5.18. The highest BCUT2D eigenvalue weighted by atomic mass is 32.1. The number of thiocarbonyl (C=S) groups is 1. The molecule has 0 aliphatic heterocycles. The zero-order valence-electron chi connectivity index (χ0n) is 16.1. The van der Waals surface area contributed by atoms with Crippen molar-refractivity contribution in [3.8, 4) is 0 Å². The van der Waals surface area contributed by atoms with Crippen molar-refractivity contribution < 1.29 is 0 Å². The van der Waals surface area contributed by atoms with Crippen molar-refractivity contribution in [1.82, 2.24) is 4.90 Å². The fourth-order valence-corrected chi connectivity index (χ4v) is 4.29. The van der Waals surface area contributed by atoms with E-state index >= 15 is 0 Å². The fraction of sp³-hybridized carbons (Fsp3) is 0.261. The summed E-state index contributed by atoms with van der Waals surface area (Å²) in [6.45, 7) is 7.31. The lowest BCUT2D eigenvalue weighted by atomic mass is 10.1. The molecular formula is C23H26N2S2. The summed E-state index contributed by atoms with van der Waals surface area (Å²) in [6, 6.07) is 21.4. The minimum absolute atomic E-state index is 0.300. The van der Waals surface area contributed by atoms with Crippen molar-refractivity contribution in [2.75, 3.05) is 5.32 Å². The number of hydrogen-bond acceptors (Lipinski definition) is 2. The van der Waals surface area contributed by atoms with Crippen LogP contribution in [0.15, 0.2) is 66.0 Å². The molecule has 0 amide bonds. The normalized spacial score (nSPS) is 11.8. The SMILES string of the molecule is Cc1cccc(NC(=S)N(Cc2ccccc2)[C@H](C)Cc2cccs2)c1C. The summed E-state index contributed by atoms with van der Waals surface area (Å²) >= 11 is 7.65. The minimum atomic E-state index is 0.300. The van der Waals surface area contributed by atoms with Crippen LogP contribution in [0.1, 0.15) is 28.5 Å². The Kier molecular flexibility index (Phi) is 6.64. The first-order valence-corrected chi connectivity index (χ1v) is 10.5. The average Bonchev–Trinajstić information content (AvgIpc) is 3.17. The van der Waals surface area contributed by atoms with Gasteiger partial charge in [-0.3, -0.25) is 0 Å². The van der Waals surface area contributed by atoms with Gasteiger partial charge in [-0.2, -0.15) is 0 Å². The number of benzene rings is 2. The molecule has 1 heterocycles. The Labute approximate surface area is 171 Å². The maximum atomic E-state index is 5.85. The van der Waals surface area contributed by atoms with Gasteiger partial charge in [-0.25, -0.2) is 0 Å². The Balaban J connectivity index is 1.81. The van der Waals surface area contributed by atoms with E-state index in [1.165, 1.54) is 21.6 Å². The molecule has 3 aromatic rings. The number of nitrogens with one attached hydrogen (secondary N) is 1. The Bertz CT molecular complexity index is 873. The van der Waals surface area contributed by atoms with Gasteiger partial charge in [-0.15, -0.1) is 11.3 Å². The zero-order valence-corrected chi connectivity index (χ0v) is 17.7. The highest BCUT2D eigenvalue weighted by Gasteiger charge is 2.19. The summed E-state index contributed by atoms with van der Waals surface area (Å²) in [4.78, 5) is 3.68. The van der Waals surface area contributed by atoms with E-state index in [1.807, 2.05) is 0 Å². The standard InChI is InChI=1S/C23H26N2S2/c1-17-9-7-13-22(19(17)3)24-23(26)25(16-20-10-5-4-6-11-20)18(2)15-21-12-8-14-27-21/h4-14,18H,15-16H2,1-3H3,(H,24,26)/t18-/m1/s1. The van der Waals surface area contributed by atoms with Crippen LogP contribution in [0.5, 0.6) is 0 Å². The van der Waals surface area contributed by atoms with E-state index in [1.54, 1.807) is 11.3 Å². The fourth-order valence-electron chi connectivity index (χ4n) is 3.11. The molecule has 1 aromatic heterocycles. The quantitative estimate of drug-likeness (QED) is 0.501. The van der Waals surface area contributed by atoms with Gasteiger partial charge in [0.2, 0.25) is 0 Å². The Morgan fingerprint density at radius 3 is 2.52 bits per heavy atom. The van der Waals surface area contributed by atoms with Crippen LogP contribution in [0.3, 0.4) is 0 Å². The second kappa shape index (κ2) is 9.16. The summed E-state index contributed by atoms with van der Waals surface area (Å²) in [5.74, 6) is 0. The van der Waals surface area contributed by atoms with Gasteiger partial charge >= 0.3 is 0 Å². The van der Waals surface area contributed by atoms with Crippen LogP contribution < -0.4 is 5.32 Å². The summed E-state index contributed by atoms with van der Waals surface area (Å²) in [6.07, 6.45) is 0.985. The van der Waals surface area contributed by atoms with Gasteiger partial charge in [0.25, 0.3) is 0 Å². The van der Waals surface area contributed by atoms with Crippen LogP contribution in [0.25, 0.3) is 0 Å². The van der Waals surface area contributed by atoms with Crippen molar-refractivity contribution in [1.29, 1.82) is 0 Å². The number of nitrogens with zero attached hydrogens (tertiary/aromatic N) is 1. The lowest BCUT2D eigenvalue weighted by Gasteiger charge is -2.32. The largest absolute Gasteiger partial charge is 0.342 e. The molecule has 2 nitrogen and oxygen atoms in total. The molecule has 140 valence electrons. The van der Waals surface area contributed by atoms with Crippen LogP contribution in [-0.2, 0) is 13.0 Å². The lowest BCUT2D eigenvalue weighted by Crippen LogP contribution is -2.41. The predicted octanol–water partition coefficient (Wildman–Crippen LogP) is 6.20. The van der Waals surface area contributed by atoms with Crippen LogP contribution in [0.2, 0.25) is 0 Å². The Hall–Kier alpha value is -2.17. The molecule has 0 spiro atoms. The second-order valence-electron chi connectivity index (χ2n) is 6.92. The van der Waals surface area contributed by atoms with E-state index in [9.17, 15) is 0 Å². The van der Waals surface area contributed by atoms with E-state index < -0.39 is 0 Å². The van der Waals surface area contributed by atoms with Crippen LogP contribution in [-0.4, -0.2) is 16.1 Å². The molecular weight excluding hydrogens is 368 g/mol. The predicted molar refractivity (Wildman–Crippen MR) is 122 cm³/mol. The van der Waals surface area contributed by atoms with Crippen molar-refractivity contribution in [3.63, 3.8) is 0 Å². The van der Waals surface area contributed by atoms with Crippen molar-refractivity contribution in [3.05, 3.63) is 87.6 Å². The molecule has 4 heteroatoms. The number of hydrogen-bond donors (Lipinski definition) is 1. The molecule has 0 saturated carbocycles. The molecule has 0 unspecified atom stereocenters. The Morgan fingerprint density at radius 1 is 1.04 bits per heavy atom. The van der Waals surface area contributed by atoms with E-state index in [0.29, 0.717) is 6.04 Å². The van der Waals surface area contributed by atoms with E-state index in [4.69, 9.17) is 12.2 Å². The first-order chi connectivity index (χ1) is 13.0. The van der Waals surface area contributed by atoms with Gasteiger partial charge in [-0.05, 0) is 67.2 Å². The van der Waals surface area contributed by atoms with E-state index in [2.05, 4.69) is 97.0 Å². The number of anilines is 1. The molecule has 2 aromatic carbocycles. The van der Waals surface area contributed by atoms with E-state index in [0.717, 1.165) is 23.8 Å². The smallest absolute Gasteiger partial charge is 0.173 e. The van der Waals surface area contributed by atoms with Crippen molar-refractivity contribution in [2.24, 2.45) is 0 Å². The monoisotopic (exact) mass is 394 g/mol.